The van der Waals surface area contributed by atoms with E-state index in [1.165, 1.54) is 32.9 Å². The molecule has 0 bridgehead atoms. The molecule has 0 fully saturated rings. The Morgan fingerprint density at radius 1 is 0.531 bits per heavy atom. The SMILES string of the molecule is CC=[P+](c1ccc(C(C)(C)C)cc1C(C)(C)C)c1ccc(C(C)(C)C)cc1C(C)(C)C.Cl. The predicted molar refractivity (Wildman–Crippen MR) is 153 cm³/mol. The van der Waals surface area contributed by atoms with Crippen molar-refractivity contribution in [3.63, 3.8) is 0 Å². The molecule has 2 aromatic rings. The van der Waals surface area contributed by atoms with Crippen LogP contribution in [-0.2, 0) is 21.7 Å². The minimum atomic E-state index is -0.540. The fourth-order valence-corrected chi connectivity index (χ4v) is 6.64. The van der Waals surface area contributed by atoms with E-state index in [2.05, 4.69) is 132 Å². The highest BCUT2D eigenvalue weighted by molar-refractivity contribution is 7.72. The van der Waals surface area contributed by atoms with Crippen molar-refractivity contribution in [2.75, 3.05) is 0 Å². The van der Waals surface area contributed by atoms with Crippen molar-refractivity contribution < 1.29 is 0 Å². The second-order valence-electron chi connectivity index (χ2n) is 13.1. The Morgan fingerprint density at radius 2 is 0.844 bits per heavy atom. The molecule has 0 aliphatic carbocycles. The van der Waals surface area contributed by atoms with Crippen LogP contribution in [0.15, 0.2) is 36.4 Å². The van der Waals surface area contributed by atoms with Gasteiger partial charge in [-0.2, -0.15) is 0 Å². The fourth-order valence-electron chi connectivity index (χ4n) is 4.03. The van der Waals surface area contributed by atoms with Crippen LogP contribution in [0.2, 0.25) is 0 Å². The van der Waals surface area contributed by atoms with Gasteiger partial charge in [0, 0.05) is 11.1 Å². The van der Waals surface area contributed by atoms with E-state index >= 15 is 0 Å². The molecule has 0 nitrogen and oxygen atoms in total. The molecule has 2 rings (SSSR count). The van der Waals surface area contributed by atoms with Crippen molar-refractivity contribution >= 4 is 36.4 Å². The van der Waals surface area contributed by atoms with Gasteiger partial charge in [-0.05, 0) is 51.8 Å². The summed E-state index contributed by atoms with van der Waals surface area (Å²) in [4.78, 5) is 0. The van der Waals surface area contributed by atoms with Crippen LogP contribution in [0.4, 0.5) is 0 Å². The molecule has 0 aliphatic heterocycles. The Labute approximate surface area is 206 Å². The van der Waals surface area contributed by atoms with Crippen LogP contribution >= 0.6 is 20.0 Å². The number of halogens is 1. The Bertz CT molecular complexity index is 890. The predicted octanol–water partition coefficient (Wildman–Crippen LogP) is 8.55. The molecule has 0 N–H and O–H groups in total. The van der Waals surface area contributed by atoms with E-state index in [0.29, 0.717) is 0 Å². The summed E-state index contributed by atoms with van der Waals surface area (Å²) in [7, 11) is -0.540. The zero-order valence-electron chi connectivity index (χ0n) is 22.9. The van der Waals surface area contributed by atoms with Gasteiger partial charge in [0.25, 0.3) is 0 Å². The van der Waals surface area contributed by atoms with Gasteiger partial charge in [0.05, 0.1) is 5.80 Å². The standard InChI is InChI=1S/C30H46P.ClH/c1-14-31(25-17-15-21(27(2,3)4)19-23(25)29(8,9)10)26-18-16-22(28(5,6)7)20-24(26)30(11,12)13;/h14-20H,1-13H3;1H/q+1;. The molecule has 0 aromatic heterocycles. The van der Waals surface area contributed by atoms with E-state index in [0.717, 1.165) is 0 Å². The van der Waals surface area contributed by atoms with Crippen LogP contribution in [0.5, 0.6) is 0 Å². The van der Waals surface area contributed by atoms with E-state index in [4.69, 9.17) is 0 Å². The molecule has 32 heavy (non-hydrogen) atoms. The van der Waals surface area contributed by atoms with Crippen molar-refractivity contribution in [3.05, 3.63) is 58.7 Å². The highest BCUT2D eigenvalue weighted by Crippen LogP contribution is 2.37. The summed E-state index contributed by atoms with van der Waals surface area (Å²) >= 11 is 0. The molecular weight excluding hydrogens is 427 g/mol. The third-order valence-corrected chi connectivity index (χ3v) is 8.45. The first-order valence-electron chi connectivity index (χ1n) is 11.8. The summed E-state index contributed by atoms with van der Waals surface area (Å²) in [5, 5.41) is 3.01. The van der Waals surface area contributed by atoms with Crippen LogP contribution in [-0.4, -0.2) is 5.80 Å². The molecule has 0 spiro atoms. The van der Waals surface area contributed by atoms with Crippen molar-refractivity contribution in [1.29, 1.82) is 0 Å². The second kappa shape index (κ2) is 9.64. The summed E-state index contributed by atoms with van der Waals surface area (Å²) in [5.41, 5.74) is 6.34. The van der Waals surface area contributed by atoms with Crippen molar-refractivity contribution in [3.8, 4) is 0 Å². The monoisotopic (exact) mass is 473 g/mol. The van der Waals surface area contributed by atoms with E-state index in [1.54, 1.807) is 0 Å². The smallest absolute Gasteiger partial charge is 0.147 e. The van der Waals surface area contributed by atoms with E-state index in [9.17, 15) is 0 Å². The third-order valence-electron chi connectivity index (χ3n) is 6.12. The zero-order valence-corrected chi connectivity index (χ0v) is 24.6. The van der Waals surface area contributed by atoms with Crippen molar-refractivity contribution in [2.24, 2.45) is 0 Å². The average Bonchev–Trinajstić information content (AvgIpc) is 2.59. The second-order valence-corrected chi connectivity index (χ2v) is 15.3. The summed E-state index contributed by atoms with van der Waals surface area (Å²) < 4.78 is 0. The number of hydrogen-bond donors (Lipinski definition) is 0. The lowest BCUT2D eigenvalue weighted by Gasteiger charge is -2.27. The first kappa shape index (κ1) is 28.9. The van der Waals surface area contributed by atoms with Gasteiger partial charge >= 0.3 is 0 Å². The van der Waals surface area contributed by atoms with Gasteiger partial charge in [-0.1, -0.05) is 107 Å². The van der Waals surface area contributed by atoms with Gasteiger partial charge < -0.3 is 0 Å². The Balaban J connectivity index is 0.00000512. The van der Waals surface area contributed by atoms with Gasteiger partial charge in [-0.15, -0.1) is 12.4 Å². The molecule has 2 aromatic carbocycles. The summed E-state index contributed by atoms with van der Waals surface area (Å²) in [6.45, 7) is 30.3. The highest BCUT2D eigenvalue weighted by atomic mass is 35.5. The molecule has 0 aliphatic rings. The quantitative estimate of drug-likeness (QED) is 0.383. The summed E-state index contributed by atoms with van der Waals surface area (Å²) in [5.74, 6) is 2.46. The zero-order chi connectivity index (χ0) is 24.0. The topological polar surface area (TPSA) is 0 Å². The molecule has 0 unspecified atom stereocenters. The van der Waals surface area contributed by atoms with Gasteiger partial charge in [0.15, 0.2) is 18.2 Å². The number of hydrogen-bond acceptors (Lipinski definition) is 0. The average molecular weight is 474 g/mol. The van der Waals surface area contributed by atoms with E-state index in [1.807, 2.05) is 0 Å². The molecule has 0 amide bonds. The molecule has 2 heteroatoms. The first-order valence-corrected chi connectivity index (χ1v) is 13.2. The maximum Gasteiger partial charge on any atom is 0.166 e. The van der Waals surface area contributed by atoms with E-state index in [-0.39, 0.29) is 34.1 Å². The fraction of sp³-hybridized carbons (Fsp3) is 0.567. The number of rotatable bonds is 2. The van der Waals surface area contributed by atoms with Crippen LogP contribution < -0.4 is 10.6 Å². The highest BCUT2D eigenvalue weighted by Gasteiger charge is 2.33. The normalized spacial score (nSPS) is 12.9. The lowest BCUT2D eigenvalue weighted by molar-refractivity contribution is 0.571. The van der Waals surface area contributed by atoms with Gasteiger partial charge in [0.2, 0.25) is 0 Å². The molecule has 0 radical (unpaired) electrons. The van der Waals surface area contributed by atoms with Gasteiger partial charge in [-0.25, -0.2) is 0 Å². The maximum absolute atomic E-state index is 2.48. The third kappa shape index (κ3) is 6.48. The Morgan fingerprint density at radius 3 is 1.06 bits per heavy atom. The van der Waals surface area contributed by atoms with Gasteiger partial charge in [0.1, 0.15) is 0 Å². The minimum absolute atomic E-state index is 0. The molecule has 0 saturated heterocycles. The Hall–Kier alpha value is -1.10. The molecule has 178 valence electrons. The van der Waals surface area contributed by atoms with E-state index < -0.39 is 7.55 Å². The minimum Gasteiger partial charge on any atom is -0.147 e. The van der Waals surface area contributed by atoms with Gasteiger partial charge in [-0.3, -0.25) is 0 Å². The molecule has 0 atom stereocenters. The van der Waals surface area contributed by atoms with Crippen molar-refractivity contribution in [2.45, 2.75) is 112 Å². The first-order chi connectivity index (χ1) is 13.9. The molecule has 0 saturated carbocycles. The van der Waals surface area contributed by atoms with Crippen LogP contribution in [0.25, 0.3) is 0 Å². The lowest BCUT2D eigenvalue weighted by atomic mass is 9.80. The maximum atomic E-state index is 2.48. The van der Waals surface area contributed by atoms with Crippen LogP contribution in [0.1, 0.15) is 112 Å². The summed E-state index contributed by atoms with van der Waals surface area (Å²) in [6, 6.07) is 14.5. The Kier molecular flexibility index (Phi) is 8.71. The molecular formula is C30H47ClP+. The van der Waals surface area contributed by atoms with Crippen molar-refractivity contribution in [1.82, 2.24) is 0 Å². The van der Waals surface area contributed by atoms with Crippen LogP contribution in [0.3, 0.4) is 0 Å². The summed E-state index contributed by atoms with van der Waals surface area (Å²) in [6.07, 6.45) is 0. The van der Waals surface area contributed by atoms with Crippen LogP contribution in [0, 0.1) is 0 Å². The largest absolute Gasteiger partial charge is 0.166 e. The molecule has 0 heterocycles. The number of benzene rings is 2. The lowest BCUT2D eigenvalue weighted by Crippen LogP contribution is -2.29.